The number of nitrogens with zero attached hydrogens (tertiary/aromatic N) is 3. The molecule has 0 unspecified atom stereocenters. The fraction of sp³-hybridized carbons (Fsp3) is 0.125. The number of carbonyl (C=O) groups is 1. The number of hydrogen-bond donors (Lipinski definition) is 3. The molecule has 0 aliphatic carbocycles. The first-order chi connectivity index (χ1) is 16.7. The van der Waals surface area contributed by atoms with Gasteiger partial charge in [0.2, 0.25) is 0 Å². The van der Waals surface area contributed by atoms with Crippen molar-refractivity contribution in [1.29, 1.82) is 10.7 Å². The van der Waals surface area contributed by atoms with E-state index >= 15 is 0 Å². The van der Waals surface area contributed by atoms with Gasteiger partial charge < -0.3 is 16.0 Å². The minimum atomic E-state index is -4.95. The summed E-state index contributed by atoms with van der Waals surface area (Å²) in [5.74, 6) is -2.28. The molecule has 0 bridgehead atoms. The molecule has 0 atom stereocenters. The van der Waals surface area contributed by atoms with E-state index in [4.69, 9.17) is 10.7 Å². The Kier molecular flexibility index (Phi) is 7.56. The second kappa shape index (κ2) is 10.6. The predicted molar refractivity (Wildman–Crippen MR) is 121 cm³/mol. The molecule has 0 spiro atoms. The standard InChI is InChI=1S/C24H18F4N6O/c1-31-10-8-19(30)15-11-16(18(25)12-17(15)24(26,27)28)23(35)33-20-13-32-21(7-9-29)34-22(20)14-5-3-2-4-6-14/h2-6,8,10-13,30-31H,7H2,1H3,(H,33,35)/b10-8-,30-19?. The zero-order valence-corrected chi connectivity index (χ0v) is 18.2. The number of benzene rings is 2. The molecule has 7 nitrogen and oxygen atoms in total. The lowest BCUT2D eigenvalue weighted by Gasteiger charge is -2.16. The number of aromatic nitrogens is 2. The molecule has 1 heterocycles. The molecular weight excluding hydrogens is 464 g/mol. The molecule has 2 aromatic carbocycles. The smallest absolute Gasteiger partial charge is 0.394 e. The van der Waals surface area contributed by atoms with Gasteiger partial charge in [0.05, 0.1) is 46.9 Å². The molecule has 0 aliphatic rings. The van der Waals surface area contributed by atoms with Crippen LogP contribution in [-0.2, 0) is 12.6 Å². The number of nitrogens with one attached hydrogen (secondary N) is 3. The van der Waals surface area contributed by atoms with E-state index in [0.29, 0.717) is 11.6 Å². The quantitative estimate of drug-likeness (QED) is 0.333. The molecule has 3 aromatic rings. The number of alkyl halides is 3. The molecule has 35 heavy (non-hydrogen) atoms. The Labute approximate surface area is 197 Å². The summed E-state index contributed by atoms with van der Waals surface area (Å²) in [6, 6.07) is 11.4. The third-order valence-electron chi connectivity index (χ3n) is 4.74. The van der Waals surface area contributed by atoms with E-state index in [1.165, 1.54) is 19.4 Å². The highest BCUT2D eigenvalue weighted by atomic mass is 19.4. The van der Waals surface area contributed by atoms with Gasteiger partial charge in [-0.05, 0) is 24.4 Å². The number of nitriles is 1. The highest BCUT2D eigenvalue weighted by molar-refractivity contribution is 6.11. The van der Waals surface area contributed by atoms with Gasteiger partial charge >= 0.3 is 6.18 Å². The first-order valence-electron chi connectivity index (χ1n) is 10.1. The van der Waals surface area contributed by atoms with E-state index in [1.807, 2.05) is 6.07 Å². The highest BCUT2D eigenvalue weighted by Crippen LogP contribution is 2.34. The topological polar surface area (TPSA) is 115 Å². The van der Waals surface area contributed by atoms with Gasteiger partial charge in [0.15, 0.2) is 0 Å². The molecule has 11 heteroatoms. The maximum atomic E-state index is 14.7. The molecule has 0 aliphatic heterocycles. The first kappa shape index (κ1) is 25.0. The molecule has 3 rings (SSSR count). The Morgan fingerprint density at radius 1 is 1.20 bits per heavy atom. The maximum absolute atomic E-state index is 14.7. The lowest BCUT2D eigenvalue weighted by atomic mass is 9.98. The molecule has 178 valence electrons. The van der Waals surface area contributed by atoms with E-state index in [2.05, 4.69) is 20.6 Å². The summed E-state index contributed by atoms with van der Waals surface area (Å²) < 4.78 is 55.2. The van der Waals surface area contributed by atoms with Crippen molar-refractivity contribution >= 4 is 17.3 Å². The normalized spacial score (nSPS) is 11.2. The average Bonchev–Trinajstić information content (AvgIpc) is 2.83. The van der Waals surface area contributed by atoms with E-state index < -0.39 is 40.3 Å². The molecule has 0 saturated heterocycles. The molecule has 1 aromatic heterocycles. The van der Waals surface area contributed by atoms with Crippen LogP contribution < -0.4 is 10.6 Å². The largest absolute Gasteiger partial charge is 0.417 e. The van der Waals surface area contributed by atoms with Crippen molar-refractivity contribution < 1.29 is 22.4 Å². The van der Waals surface area contributed by atoms with Crippen molar-refractivity contribution in [3.8, 4) is 17.3 Å². The van der Waals surface area contributed by atoms with Crippen LogP contribution in [0.3, 0.4) is 0 Å². The van der Waals surface area contributed by atoms with Gasteiger partial charge in [-0.2, -0.15) is 18.4 Å². The number of amides is 1. The summed E-state index contributed by atoms with van der Waals surface area (Å²) in [4.78, 5) is 21.2. The van der Waals surface area contributed by atoms with E-state index in [1.54, 1.807) is 30.3 Å². The zero-order chi connectivity index (χ0) is 25.6. The van der Waals surface area contributed by atoms with Crippen molar-refractivity contribution in [3.05, 3.63) is 89.3 Å². The number of carbonyl (C=O) groups excluding carboxylic acids is 1. The van der Waals surface area contributed by atoms with Crippen molar-refractivity contribution in [1.82, 2.24) is 15.3 Å². The van der Waals surface area contributed by atoms with Gasteiger partial charge in [0.1, 0.15) is 11.6 Å². The maximum Gasteiger partial charge on any atom is 0.417 e. The Balaban J connectivity index is 2.07. The summed E-state index contributed by atoms with van der Waals surface area (Å²) in [5.41, 5.74) is -2.45. The Morgan fingerprint density at radius 2 is 1.91 bits per heavy atom. The Bertz CT molecular complexity index is 1330. The molecule has 3 N–H and O–H groups in total. The number of hydrogen-bond acceptors (Lipinski definition) is 6. The van der Waals surface area contributed by atoms with E-state index in [-0.39, 0.29) is 29.7 Å². The van der Waals surface area contributed by atoms with E-state index in [0.717, 1.165) is 6.08 Å². The predicted octanol–water partition coefficient (Wildman–Crippen LogP) is 4.72. The number of allylic oxidation sites excluding steroid dienone is 1. The lowest BCUT2D eigenvalue weighted by Crippen LogP contribution is -2.19. The zero-order valence-electron chi connectivity index (χ0n) is 18.2. The number of rotatable bonds is 7. The fourth-order valence-electron chi connectivity index (χ4n) is 3.13. The van der Waals surface area contributed by atoms with Gasteiger partial charge in [-0.1, -0.05) is 30.3 Å². The minimum Gasteiger partial charge on any atom is -0.394 e. The van der Waals surface area contributed by atoms with Crippen LogP contribution in [0, 0.1) is 22.6 Å². The monoisotopic (exact) mass is 482 g/mol. The molecular formula is C24H18F4N6O. The van der Waals surface area contributed by atoms with Crippen molar-refractivity contribution in [2.24, 2.45) is 0 Å². The fourth-order valence-corrected chi connectivity index (χ4v) is 3.13. The Morgan fingerprint density at radius 3 is 2.54 bits per heavy atom. The molecule has 1 amide bonds. The number of halogens is 4. The van der Waals surface area contributed by atoms with Crippen LogP contribution in [0.15, 0.2) is 60.9 Å². The number of anilines is 1. The van der Waals surface area contributed by atoms with Crippen molar-refractivity contribution in [3.63, 3.8) is 0 Å². The SMILES string of the molecule is CN/C=C\C(=N)c1cc(C(=O)Nc2cnc(CC#N)nc2-c2ccccc2)c(F)cc1C(F)(F)F. The van der Waals surface area contributed by atoms with Crippen molar-refractivity contribution in [2.45, 2.75) is 12.6 Å². The summed E-state index contributed by atoms with van der Waals surface area (Å²) in [7, 11) is 1.49. The summed E-state index contributed by atoms with van der Waals surface area (Å²) in [6.07, 6.45) is -1.51. The van der Waals surface area contributed by atoms with Gasteiger partial charge in [-0.3, -0.25) is 4.79 Å². The second-order valence-corrected chi connectivity index (χ2v) is 7.11. The molecule has 0 saturated carbocycles. The Hall–Kier alpha value is -4.59. The van der Waals surface area contributed by atoms with Crippen LogP contribution in [0.5, 0.6) is 0 Å². The first-order valence-corrected chi connectivity index (χ1v) is 10.1. The van der Waals surface area contributed by atoms with Gasteiger partial charge in [-0.15, -0.1) is 0 Å². The van der Waals surface area contributed by atoms with Gasteiger partial charge in [0, 0.05) is 18.2 Å². The highest BCUT2D eigenvalue weighted by Gasteiger charge is 2.36. The average molecular weight is 482 g/mol. The van der Waals surface area contributed by atoms with Crippen LogP contribution in [0.1, 0.15) is 27.3 Å². The van der Waals surface area contributed by atoms with Gasteiger partial charge in [0.25, 0.3) is 5.91 Å². The van der Waals surface area contributed by atoms with Crippen molar-refractivity contribution in [2.75, 3.05) is 12.4 Å². The second-order valence-electron chi connectivity index (χ2n) is 7.11. The van der Waals surface area contributed by atoms with Crippen LogP contribution >= 0.6 is 0 Å². The van der Waals surface area contributed by atoms with Crippen LogP contribution in [0.4, 0.5) is 23.2 Å². The lowest BCUT2D eigenvalue weighted by molar-refractivity contribution is -0.137. The molecule has 0 fully saturated rings. The minimum absolute atomic E-state index is 0.0638. The van der Waals surface area contributed by atoms with E-state index in [9.17, 15) is 22.4 Å². The van der Waals surface area contributed by atoms with Crippen LogP contribution in [0.2, 0.25) is 0 Å². The summed E-state index contributed by atoms with van der Waals surface area (Å²) >= 11 is 0. The van der Waals surface area contributed by atoms with Crippen LogP contribution in [-0.4, -0.2) is 28.6 Å². The molecule has 0 radical (unpaired) electrons. The van der Waals surface area contributed by atoms with Crippen LogP contribution in [0.25, 0.3) is 11.3 Å². The third-order valence-corrected chi connectivity index (χ3v) is 4.74. The third kappa shape index (κ3) is 5.86. The summed E-state index contributed by atoms with van der Waals surface area (Å²) in [6.45, 7) is 0. The summed E-state index contributed by atoms with van der Waals surface area (Å²) in [5, 5.41) is 21.9. The van der Waals surface area contributed by atoms with Gasteiger partial charge in [-0.25, -0.2) is 14.4 Å².